The number of nitrogens with one attached hydrogen (secondary N) is 2. The van der Waals surface area contributed by atoms with Gasteiger partial charge in [-0.1, -0.05) is 29.8 Å². The number of anilines is 3. The molecule has 3 amide bonds. The van der Waals surface area contributed by atoms with Crippen molar-refractivity contribution in [2.45, 2.75) is 6.92 Å². The molecule has 0 bridgehead atoms. The van der Waals surface area contributed by atoms with Crippen molar-refractivity contribution in [3.63, 3.8) is 0 Å². The van der Waals surface area contributed by atoms with E-state index in [0.717, 1.165) is 29.8 Å². The lowest BCUT2D eigenvalue weighted by Crippen LogP contribution is -2.47. The Hall–Kier alpha value is -4.87. The Morgan fingerprint density at radius 2 is 1.20 bits per heavy atom. The van der Waals surface area contributed by atoms with Crippen molar-refractivity contribution in [1.29, 1.82) is 0 Å². The van der Waals surface area contributed by atoms with Crippen LogP contribution in [0.5, 0.6) is 0 Å². The summed E-state index contributed by atoms with van der Waals surface area (Å²) in [7, 11) is 2.06. The maximum atomic E-state index is 12.8. The summed E-state index contributed by atoms with van der Waals surface area (Å²) in [5.41, 5.74) is 4.71. The van der Waals surface area contributed by atoms with Crippen LogP contribution in [0.4, 0.5) is 22.1 Å². The third-order valence-corrected chi connectivity index (χ3v) is 7.81. The lowest BCUT2D eigenvalue weighted by Gasteiger charge is -2.32. The zero-order chi connectivity index (χ0) is 30.5. The van der Waals surface area contributed by atoms with Crippen LogP contribution in [0, 0.1) is 6.92 Å². The molecule has 0 unspecified atom stereocenters. The molecular formula is C33H36N8O3. The van der Waals surface area contributed by atoms with Gasteiger partial charge in [0.1, 0.15) is 0 Å². The number of nitrogens with zero attached hydrogens (tertiary/aromatic N) is 6. The second kappa shape index (κ2) is 13.2. The molecular weight excluding hydrogens is 556 g/mol. The van der Waals surface area contributed by atoms with Gasteiger partial charge in [-0.05, 0) is 62.5 Å². The van der Waals surface area contributed by atoms with E-state index < -0.39 is 0 Å². The van der Waals surface area contributed by atoms with Crippen molar-refractivity contribution in [2.24, 2.45) is 0 Å². The molecule has 1 aromatic heterocycles. The lowest BCUT2D eigenvalue weighted by atomic mass is 10.1. The minimum absolute atomic E-state index is 0.00965. The van der Waals surface area contributed by atoms with Crippen molar-refractivity contribution >= 4 is 29.3 Å². The molecule has 2 aliphatic heterocycles. The number of piperazine rings is 1. The first-order chi connectivity index (χ1) is 21.4. The summed E-state index contributed by atoms with van der Waals surface area (Å²) in [6, 6.07) is 22.1. The molecule has 6 rings (SSSR count). The molecule has 0 atom stereocenters. The van der Waals surface area contributed by atoms with E-state index in [9.17, 15) is 9.59 Å². The maximum Gasteiger partial charge on any atom is 0.323 e. The van der Waals surface area contributed by atoms with Gasteiger partial charge in [-0.25, -0.2) is 9.78 Å². The van der Waals surface area contributed by atoms with Gasteiger partial charge in [0, 0.05) is 67.3 Å². The van der Waals surface area contributed by atoms with Gasteiger partial charge in [0.25, 0.3) is 5.91 Å². The number of likely N-dealkylation sites (N-methyl/N-ethyl adjacent to an activating group) is 1. The van der Waals surface area contributed by atoms with Crippen LogP contribution in [0.1, 0.15) is 15.9 Å². The van der Waals surface area contributed by atoms with Crippen LogP contribution in [0.15, 0.2) is 72.8 Å². The Kier molecular flexibility index (Phi) is 8.76. The van der Waals surface area contributed by atoms with Gasteiger partial charge >= 0.3 is 6.03 Å². The van der Waals surface area contributed by atoms with Crippen LogP contribution in [0.2, 0.25) is 0 Å². The molecule has 2 N–H and O–H groups in total. The second-order valence-electron chi connectivity index (χ2n) is 11.1. The molecule has 3 aromatic carbocycles. The van der Waals surface area contributed by atoms with E-state index in [1.807, 2.05) is 60.4 Å². The highest BCUT2D eigenvalue weighted by molar-refractivity contribution is 6.00. The van der Waals surface area contributed by atoms with Crippen LogP contribution in [0.3, 0.4) is 0 Å². The van der Waals surface area contributed by atoms with Gasteiger partial charge < -0.3 is 30.1 Å². The number of aromatic nitrogens is 3. The highest BCUT2D eigenvalue weighted by Crippen LogP contribution is 2.25. The fourth-order valence-corrected chi connectivity index (χ4v) is 5.11. The smallest absolute Gasteiger partial charge is 0.323 e. The van der Waals surface area contributed by atoms with Gasteiger partial charge in [-0.3, -0.25) is 4.79 Å². The average molecular weight is 593 g/mol. The van der Waals surface area contributed by atoms with Gasteiger partial charge in [-0.15, -0.1) is 0 Å². The van der Waals surface area contributed by atoms with Crippen LogP contribution in [-0.2, 0) is 4.74 Å². The van der Waals surface area contributed by atoms with E-state index in [1.54, 1.807) is 24.3 Å². The van der Waals surface area contributed by atoms with Gasteiger partial charge in [-0.2, -0.15) is 9.97 Å². The van der Waals surface area contributed by atoms with Gasteiger partial charge in [0.2, 0.25) is 5.95 Å². The predicted molar refractivity (Wildman–Crippen MR) is 171 cm³/mol. The number of aryl methyl sites for hydroxylation is 1. The first kappa shape index (κ1) is 29.2. The van der Waals surface area contributed by atoms with Crippen LogP contribution < -0.4 is 15.5 Å². The molecule has 2 aliphatic rings. The molecule has 2 fully saturated rings. The summed E-state index contributed by atoms with van der Waals surface area (Å²) < 4.78 is 5.52. The second-order valence-corrected chi connectivity index (χ2v) is 11.1. The number of urea groups is 1. The Bertz CT molecular complexity index is 1600. The third-order valence-electron chi connectivity index (χ3n) is 7.81. The Balaban J connectivity index is 1.12. The molecule has 44 heavy (non-hydrogen) atoms. The highest BCUT2D eigenvalue weighted by atomic mass is 16.5. The number of benzene rings is 3. The van der Waals surface area contributed by atoms with Crippen molar-refractivity contribution in [2.75, 3.05) is 75.1 Å². The van der Waals surface area contributed by atoms with Crippen molar-refractivity contribution in [3.8, 4) is 22.8 Å². The number of amides is 3. The number of carbonyl (C=O) groups is 2. The van der Waals surface area contributed by atoms with Crippen molar-refractivity contribution < 1.29 is 14.3 Å². The molecule has 0 saturated carbocycles. The quantitative estimate of drug-likeness (QED) is 0.339. The average Bonchev–Trinajstić information content (AvgIpc) is 3.06. The number of morpholine rings is 1. The first-order valence-electron chi connectivity index (χ1n) is 14.8. The highest BCUT2D eigenvalue weighted by Gasteiger charge is 2.21. The zero-order valence-electron chi connectivity index (χ0n) is 25.0. The van der Waals surface area contributed by atoms with Crippen molar-refractivity contribution in [3.05, 3.63) is 83.9 Å². The standard InChI is InChI=1S/C33H36N8O3/c1-23-3-5-24(6-4-23)29-36-30(38-32(37-29)41-19-21-44-22-20-41)25-7-11-27(12-8-25)34-33(43)35-28-13-9-26(10-14-28)31(42)40-17-15-39(2)16-18-40/h3-14H,15-22H2,1-2H3,(H2,34,35,43). The molecule has 226 valence electrons. The lowest BCUT2D eigenvalue weighted by molar-refractivity contribution is 0.0664. The number of hydrogen-bond acceptors (Lipinski definition) is 8. The summed E-state index contributed by atoms with van der Waals surface area (Å²) in [5, 5.41) is 5.69. The molecule has 0 aliphatic carbocycles. The predicted octanol–water partition coefficient (Wildman–Crippen LogP) is 4.38. The van der Waals surface area contributed by atoms with E-state index in [1.165, 1.54) is 0 Å². The van der Waals surface area contributed by atoms with Crippen LogP contribution in [0.25, 0.3) is 22.8 Å². The minimum atomic E-state index is -0.382. The molecule has 0 radical (unpaired) electrons. The maximum absolute atomic E-state index is 12.8. The molecule has 0 spiro atoms. The van der Waals surface area contributed by atoms with E-state index in [4.69, 9.17) is 19.7 Å². The monoisotopic (exact) mass is 592 g/mol. The third kappa shape index (κ3) is 7.01. The normalized spacial score (nSPS) is 15.6. The van der Waals surface area contributed by atoms with E-state index in [-0.39, 0.29) is 11.9 Å². The molecule has 11 heteroatoms. The van der Waals surface area contributed by atoms with E-state index in [0.29, 0.717) is 73.9 Å². The van der Waals surface area contributed by atoms with E-state index >= 15 is 0 Å². The largest absolute Gasteiger partial charge is 0.378 e. The number of rotatable bonds is 6. The first-order valence-corrected chi connectivity index (χ1v) is 14.8. The van der Waals surface area contributed by atoms with E-state index in [2.05, 4.69) is 27.5 Å². The molecule has 2 saturated heterocycles. The fourth-order valence-electron chi connectivity index (χ4n) is 5.11. The summed E-state index contributed by atoms with van der Waals surface area (Å²) in [6.07, 6.45) is 0. The summed E-state index contributed by atoms with van der Waals surface area (Å²) in [6.45, 7) is 7.89. The number of hydrogen-bond donors (Lipinski definition) is 2. The number of carbonyl (C=O) groups excluding carboxylic acids is 2. The molecule has 4 aromatic rings. The Labute approximate surface area is 256 Å². The SMILES string of the molecule is Cc1ccc(-c2nc(-c3ccc(NC(=O)Nc4ccc(C(=O)N5CCN(C)CC5)cc4)cc3)nc(N3CCOCC3)n2)cc1. The zero-order valence-corrected chi connectivity index (χ0v) is 25.0. The van der Waals surface area contributed by atoms with Crippen molar-refractivity contribution in [1.82, 2.24) is 24.8 Å². The van der Waals surface area contributed by atoms with Crippen LogP contribution in [-0.4, -0.2) is 96.2 Å². The van der Waals surface area contributed by atoms with Gasteiger partial charge in [0.05, 0.1) is 13.2 Å². The minimum Gasteiger partial charge on any atom is -0.378 e. The topological polar surface area (TPSA) is 116 Å². The van der Waals surface area contributed by atoms with Gasteiger partial charge in [0.15, 0.2) is 11.6 Å². The summed E-state index contributed by atoms with van der Waals surface area (Å²) >= 11 is 0. The Morgan fingerprint density at radius 3 is 1.77 bits per heavy atom. The molecule has 3 heterocycles. The Morgan fingerprint density at radius 1 is 0.682 bits per heavy atom. The van der Waals surface area contributed by atoms with Crippen LogP contribution >= 0.6 is 0 Å². The summed E-state index contributed by atoms with van der Waals surface area (Å²) in [5.74, 6) is 1.79. The number of ether oxygens (including phenoxy) is 1. The summed E-state index contributed by atoms with van der Waals surface area (Å²) in [4.78, 5) is 46.1. The molecule has 11 nitrogen and oxygen atoms in total. The fraction of sp³-hybridized carbons (Fsp3) is 0.303.